The normalized spacial score (nSPS) is 54.5. The molecule has 0 aromatic rings. The zero-order valence-corrected chi connectivity index (χ0v) is 18.1. The Bertz CT molecular complexity index is 567. The Balaban J connectivity index is 1.62. The van der Waals surface area contributed by atoms with Gasteiger partial charge in [-0.2, -0.15) is 0 Å². The van der Waals surface area contributed by atoms with Crippen molar-refractivity contribution in [3.05, 3.63) is 0 Å². The predicted molar refractivity (Wildman–Crippen MR) is 109 cm³/mol. The molecule has 0 heterocycles. The van der Waals surface area contributed by atoms with Crippen molar-refractivity contribution in [2.24, 2.45) is 46.3 Å². The van der Waals surface area contributed by atoms with Gasteiger partial charge in [0.15, 0.2) is 0 Å². The first-order valence-electron chi connectivity index (χ1n) is 11.9. The number of aliphatic hydroxyl groups excluding tert-OH is 4. The summed E-state index contributed by atoms with van der Waals surface area (Å²) >= 11 is 0. The van der Waals surface area contributed by atoms with Crippen molar-refractivity contribution >= 4 is 0 Å². The highest BCUT2D eigenvalue weighted by atomic mass is 16.3. The van der Waals surface area contributed by atoms with E-state index in [1.165, 1.54) is 0 Å². The van der Waals surface area contributed by atoms with Crippen molar-refractivity contribution in [2.75, 3.05) is 6.61 Å². The molecule has 0 spiro atoms. The van der Waals surface area contributed by atoms with Crippen LogP contribution >= 0.6 is 0 Å². The second-order valence-corrected chi connectivity index (χ2v) is 11.4. The highest BCUT2D eigenvalue weighted by Crippen LogP contribution is 2.68. The highest BCUT2D eigenvalue weighted by molar-refractivity contribution is 5.14. The lowest BCUT2D eigenvalue weighted by Gasteiger charge is -2.63. The Labute approximate surface area is 170 Å². The maximum atomic E-state index is 11.5. The molecular formula is C24H42O4. The minimum atomic E-state index is -0.308. The van der Waals surface area contributed by atoms with Crippen LogP contribution in [0.2, 0.25) is 0 Å². The average molecular weight is 395 g/mol. The Morgan fingerprint density at radius 3 is 2.43 bits per heavy atom. The van der Waals surface area contributed by atoms with Gasteiger partial charge < -0.3 is 20.4 Å². The second-order valence-electron chi connectivity index (χ2n) is 11.4. The molecule has 0 aromatic carbocycles. The maximum Gasteiger partial charge on any atom is 0.0602 e. The molecule has 162 valence electrons. The molecule has 4 saturated carbocycles. The van der Waals surface area contributed by atoms with Crippen LogP contribution in [-0.2, 0) is 0 Å². The summed E-state index contributed by atoms with van der Waals surface area (Å²) in [5, 5.41) is 42.2. The molecule has 2 unspecified atom stereocenters. The van der Waals surface area contributed by atoms with E-state index in [1.807, 2.05) is 0 Å². The molecule has 0 aliphatic heterocycles. The molecule has 4 nitrogen and oxygen atoms in total. The molecule has 4 heteroatoms. The molecule has 4 rings (SSSR count). The maximum absolute atomic E-state index is 11.5. The SMILES string of the molecule is C[C@H](CCCO)[C@H]1CC[C@H]2C3C(C[C@H](O)[C@]12C)[C@@]1(C)CC[C@@H](O)C[C@@H]1C[C@H]3O. The number of fused-ring (bicyclic) bond motifs is 5. The molecule has 28 heavy (non-hydrogen) atoms. The van der Waals surface area contributed by atoms with Crippen LogP contribution in [0.5, 0.6) is 0 Å². The van der Waals surface area contributed by atoms with Crippen molar-refractivity contribution in [2.45, 2.75) is 96.9 Å². The zero-order valence-electron chi connectivity index (χ0n) is 18.1. The first-order chi connectivity index (χ1) is 13.2. The van der Waals surface area contributed by atoms with E-state index in [0.717, 1.165) is 57.8 Å². The number of hydrogen-bond acceptors (Lipinski definition) is 4. The molecule has 0 saturated heterocycles. The third-order valence-electron chi connectivity index (χ3n) is 10.3. The fourth-order valence-electron chi connectivity index (χ4n) is 8.75. The van der Waals surface area contributed by atoms with Crippen LogP contribution in [0.1, 0.15) is 78.6 Å². The van der Waals surface area contributed by atoms with Crippen molar-refractivity contribution in [1.29, 1.82) is 0 Å². The smallest absolute Gasteiger partial charge is 0.0602 e. The van der Waals surface area contributed by atoms with Gasteiger partial charge >= 0.3 is 0 Å². The average Bonchev–Trinajstić information content (AvgIpc) is 3.01. The molecule has 0 bridgehead atoms. The van der Waals surface area contributed by atoms with Crippen LogP contribution in [0.25, 0.3) is 0 Å². The second kappa shape index (κ2) is 7.51. The van der Waals surface area contributed by atoms with Crippen LogP contribution in [0.3, 0.4) is 0 Å². The minimum Gasteiger partial charge on any atom is -0.396 e. The summed E-state index contributed by atoms with van der Waals surface area (Å²) < 4.78 is 0. The van der Waals surface area contributed by atoms with E-state index in [2.05, 4.69) is 20.8 Å². The van der Waals surface area contributed by atoms with Gasteiger partial charge in [-0.15, -0.1) is 0 Å². The van der Waals surface area contributed by atoms with E-state index in [-0.39, 0.29) is 35.7 Å². The Kier molecular flexibility index (Phi) is 5.66. The summed E-state index contributed by atoms with van der Waals surface area (Å²) in [4.78, 5) is 0. The monoisotopic (exact) mass is 394 g/mol. The van der Waals surface area contributed by atoms with Gasteiger partial charge in [0.05, 0.1) is 18.3 Å². The van der Waals surface area contributed by atoms with E-state index < -0.39 is 0 Å². The van der Waals surface area contributed by atoms with E-state index in [1.54, 1.807) is 0 Å². The Morgan fingerprint density at radius 2 is 1.71 bits per heavy atom. The van der Waals surface area contributed by atoms with Crippen molar-refractivity contribution < 1.29 is 20.4 Å². The fraction of sp³-hybridized carbons (Fsp3) is 1.00. The summed E-state index contributed by atoms with van der Waals surface area (Å²) in [5.74, 6) is 2.41. The fourth-order valence-corrected chi connectivity index (χ4v) is 8.75. The number of aliphatic hydroxyl groups is 4. The Hall–Kier alpha value is -0.160. The Morgan fingerprint density at radius 1 is 0.964 bits per heavy atom. The van der Waals surface area contributed by atoms with Gasteiger partial charge in [-0.1, -0.05) is 20.8 Å². The molecule has 0 amide bonds. The van der Waals surface area contributed by atoms with Gasteiger partial charge in [-0.3, -0.25) is 0 Å². The molecule has 4 aliphatic carbocycles. The van der Waals surface area contributed by atoms with Crippen molar-refractivity contribution in [1.82, 2.24) is 0 Å². The molecule has 4 N–H and O–H groups in total. The van der Waals surface area contributed by atoms with Crippen LogP contribution in [0, 0.1) is 46.3 Å². The predicted octanol–water partition coefficient (Wildman–Crippen LogP) is 3.36. The summed E-state index contributed by atoms with van der Waals surface area (Å²) in [6, 6.07) is 0. The van der Waals surface area contributed by atoms with Crippen molar-refractivity contribution in [3.8, 4) is 0 Å². The first-order valence-corrected chi connectivity index (χ1v) is 11.9. The third-order valence-corrected chi connectivity index (χ3v) is 10.3. The zero-order chi connectivity index (χ0) is 20.3. The van der Waals surface area contributed by atoms with Crippen molar-refractivity contribution in [3.63, 3.8) is 0 Å². The van der Waals surface area contributed by atoms with Crippen LogP contribution < -0.4 is 0 Å². The molecule has 0 aromatic heterocycles. The van der Waals surface area contributed by atoms with E-state index in [0.29, 0.717) is 35.5 Å². The van der Waals surface area contributed by atoms with Gasteiger partial charge in [0.25, 0.3) is 0 Å². The summed E-state index contributed by atoms with van der Waals surface area (Å²) in [7, 11) is 0. The van der Waals surface area contributed by atoms with Crippen LogP contribution in [0.4, 0.5) is 0 Å². The van der Waals surface area contributed by atoms with Crippen LogP contribution in [0.15, 0.2) is 0 Å². The van der Waals surface area contributed by atoms with E-state index >= 15 is 0 Å². The van der Waals surface area contributed by atoms with Crippen LogP contribution in [-0.4, -0.2) is 45.3 Å². The molecular weight excluding hydrogens is 352 g/mol. The lowest BCUT2D eigenvalue weighted by molar-refractivity contribution is -0.207. The largest absolute Gasteiger partial charge is 0.396 e. The molecule has 4 aliphatic rings. The van der Waals surface area contributed by atoms with Gasteiger partial charge in [-0.05, 0) is 104 Å². The van der Waals surface area contributed by atoms with Gasteiger partial charge in [-0.25, -0.2) is 0 Å². The third kappa shape index (κ3) is 3.01. The van der Waals surface area contributed by atoms with Gasteiger partial charge in [0, 0.05) is 6.61 Å². The summed E-state index contributed by atoms with van der Waals surface area (Å²) in [5.41, 5.74) is 0.0282. The lowest BCUT2D eigenvalue weighted by atomic mass is 9.43. The van der Waals surface area contributed by atoms with E-state index in [4.69, 9.17) is 0 Å². The van der Waals surface area contributed by atoms with E-state index in [9.17, 15) is 20.4 Å². The standard InChI is InChI=1S/C24H42O4/c1-14(5-4-10-25)17-6-7-18-22-19(13-21(28)24(17,18)3)23(2)9-8-16(26)11-15(23)12-20(22)27/h14-22,25-28H,4-13H2,1-3H3/t14-,15-,16-,17-,18+,19?,20-,21+,22?,23+,24-/m1/s1. The summed E-state index contributed by atoms with van der Waals surface area (Å²) in [6.07, 6.45) is 7.62. The van der Waals surface area contributed by atoms with Gasteiger partial charge in [0.1, 0.15) is 0 Å². The number of rotatable bonds is 4. The summed E-state index contributed by atoms with van der Waals surface area (Å²) in [6.45, 7) is 7.23. The first kappa shape index (κ1) is 21.1. The minimum absolute atomic E-state index is 0.117. The number of hydrogen-bond donors (Lipinski definition) is 4. The van der Waals surface area contributed by atoms with Gasteiger partial charge in [0.2, 0.25) is 0 Å². The quantitative estimate of drug-likeness (QED) is 0.589. The highest BCUT2D eigenvalue weighted by Gasteiger charge is 2.65. The molecule has 0 radical (unpaired) electrons. The lowest BCUT2D eigenvalue weighted by Crippen LogP contribution is -2.62. The molecule has 4 fully saturated rings. The molecule has 11 atom stereocenters. The topological polar surface area (TPSA) is 80.9 Å².